The van der Waals surface area contributed by atoms with Crippen LogP contribution in [-0.2, 0) is 13.0 Å². The van der Waals surface area contributed by atoms with Crippen molar-refractivity contribution in [2.45, 2.75) is 19.9 Å². The second kappa shape index (κ2) is 4.54. The first-order chi connectivity index (χ1) is 8.06. The minimum absolute atomic E-state index is 0.282. The molecule has 90 valence electrons. The van der Waals surface area contributed by atoms with Crippen LogP contribution in [0.4, 0.5) is 0 Å². The van der Waals surface area contributed by atoms with Crippen LogP contribution < -0.4 is 11.2 Å². The molecule has 2 aromatic heterocycles. The number of thiazole rings is 1. The lowest BCUT2D eigenvalue weighted by molar-refractivity contribution is 0.400. The summed E-state index contributed by atoms with van der Waals surface area (Å²) in [5.74, 6) is -0.328. The molecule has 0 atom stereocenters. The van der Waals surface area contributed by atoms with Gasteiger partial charge in [-0.3, -0.25) is 14.3 Å². The van der Waals surface area contributed by atoms with Crippen molar-refractivity contribution in [1.29, 1.82) is 0 Å². The van der Waals surface area contributed by atoms with Crippen LogP contribution in [0.2, 0.25) is 0 Å². The number of nitrogens with zero attached hydrogens (tertiary/aromatic N) is 2. The fraction of sp³-hybridized carbons (Fsp3) is 0.300. The third-order valence-corrected chi connectivity index (χ3v) is 3.09. The maximum Gasteiger partial charge on any atom is 0.331 e. The molecular formula is C10H11N3O3S. The SMILES string of the molecule is Cc1nc(CCn2c(O)cc(=O)[nH]c2=O)cs1. The van der Waals surface area contributed by atoms with Gasteiger partial charge in [-0.1, -0.05) is 0 Å². The average Bonchev–Trinajstić information content (AvgIpc) is 2.62. The summed E-state index contributed by atoms with van der Waals surface area (Å²) in [4.78, 5) is 28.7. The predicted molar refractivity (Wildman–Crippen MR) is 63.5 cm³/mol. The van der Waals surface area contributed by atoms with E-state index in [-0.39, 0.29) is 12.4 Å². The number of hydrogen-bond acceptors (Lipinski definition) is 5. The number of aromatic nitrogens is 3. The number of aromatic amines is 1. The molecule has 0 aliphatic heterocycles. The van der Waals surface area contributed by atoms with Gasteiger partial charge in [-0.25, -0.2) is 9.78 Å². The number of hydrogen-bond donors (Lipinski definition) is 2. The van der Waals surface area contributed by atoms with Crippen molar-refractivity contribution >= 4 is 11.3 Å². The lowest BCUT2D eigenvalue weighted by Gasteiger charge is -2.05. The highest BCUT2D eigenvalue weighted by atomic mass is 32.1. The van der Waals surface area contributed by atoms with Gasteiger partial charge in [0.1, 0.15) is 0 Å². The fourth-order valence-corrected chi connectivity index (χ4v) is 2.12. The molecule has 0 fully saturated rings. The Morgan fingerprint density at radius 2 is 2.29 bits per heavy atom. The molecule has 2 heterocycles. The summed E-state index contributed by atoms with van der Waals surface area (Å²) >= 11 is 1.53. The molecule has 17 heavy (non-hydrogen) atoms. The molecule has 0 saturated carbocycles. The van der Waals surface area contributed by atoms with E-state index in [1.165, 1.54) is 11.3 Å². The van der Waals surface area contributed by atoms with Crippen molar-refractivity contribution in [3.63, 3.8) is 0 Å². The van der Waals surface area contributed by atoms with Gasteiger partial charge in [-0.2, -0.15) is 0 Å². The molecule has 2 N–H and O–H groups in total. The quantitative estimate of drug-likeness (QED) is 0.820. The monoisotopic (exact) mass is 253 g/mol. The lowest BCUT2D eigenvalue weighted by atomic mass is 10.3. The van der Waals surface area contributed by atoms with E-state index in [1.807, 2.05) is 12.3 Å². The van der Waals surface area contributed by atoms with E-state index in [1.54, 1.807) is 0 Å². The molecule has 0 unspecified atom stereocenters. The van der Waals surface area contributed by atoms with Crippen molar-refractivity contribution in [2.24, 2.45) is 0 Å². The first kappa shape index (κ1) is 11.6. The van der Waals surface area contributed by atoms with Crippen LogP contribution in [0.5, 0.6) is 5.88 Å². The third-order valence-electron chi connectivity index (χ3n) is 2.27. The molecule has 0 amide bonds. The second-order valence-electron chi connectivity index (χ2n) is 3.56. The van der Waals surface area contributed by atoms with Crippen LogP contribution in [0.15, 0.2) is 21.0 Å². The van der Waals surface area contributed by atoms with Crippen LogP contribution in [0.1, 0.15) is 10.7 Å². The van der Waals surface area contributed by atoms with E-state index in [0.29, 0.717) is 6.42 Å². The smallest absolute Gasteiger partial charge is 0.331 e. The number of aromatic hydroxyl groups is 1. The van der Waals surface area contributed by atoms with Crippen LogP contribution in [0.3, 0.4) is 0 Å². The highest BCUT2D eigenvalue weighted by Crippen LogP contribution is 2.10. The Hall–Kier alpha value is -1.89. The van der Waals surface area contributed by atoms with Crippen molar-refractivity contribution in [2.75, 3.05) is 0 Å². The Kier molecular flexibility index (Phi) is 3.10. The standard InChI is InChI=1S/C10H11N3O3S/c1-6-11-7(5-17-6)2-3-13-9(15)4-8(14)12-10(13)16/h4-5,15H,2-3H2,1H3,(H,12,14,16). The summed E-state index contributed by atoms with van der Waals surface area (Å²) in [5, 5.41) is 12.3. The van der Waals surface area contributed by atoms with Gasteiger partial charge in [0, 0.05) is 18.3 Å². The second-order valence-corrected chi connectivity index (χ2v) is 4.62. The van der Waals surface area contributed by atoms with Crippen LogP contribution >= 0.6 is 11.3 Å². The molecule has 6 nitrogen and oxygen atoms in total. The van der Waals surface area contributed by atoms with E-state index >= 15 is 0 Å². The molecular weight excluding hydrogens is 242 g/mol. The van der Waals surface area contributed by atoms with Crippen LogP contribution in [-0.4, -0.2) is 19.6 Å². The van der Waals surface area contributed by atoms with Gasteiger partial charge in [0.05, 0.1) is 16.8 Å². The normalized spacial score (nSPS) is 10.6. The van der Waals surface area contributed by atoms with Gasteiger partial charge in [-0.15, -0.1) is 11.3 Å². The highest BCUT2D eigenvalue weighted by molar-refractivity contribution is 7.09. The summed E-state index contributed by atoms with van der Waals surface area (Å²) < 4.78 is 1.11. The van der Waals surface area contributed by atoms with Gasteiger partial charge < -0.3 is 5.11 Å². The topological polar surface area (TPSA) is 88.0 Å². The minimum atomic E-state index is -0.609. The molecule has 0 spiro atoms. The van der Waals surface area contributed by atoms with E-state index in [2.05, 4.69) is 9.97 Å². The summed E-state index contributed by atoms with van der Waals surface area (Å²) in [5.41, 5.74) is -0.347. The number of aryl methyl sites for hydroxylation is 2. The summed E-state index contributed by atoms with van der Waals surface area (Å²) in [6.45, 7) is 2.18. The van der Waals surface area contributed by atoms with Gasteiger partial charge in [0.25, 0.3) is 5.56 Å². The Labute approximate surface area is 100 Å². The van der Waals surface area contributed by atoms with E-state index < -0.39 is 11.2 Å². The molecule has 0 aliphatic carbocycles. The van der Waals surface area contributed by atoms with Crippen molar-refractivity contribution in [3.05, 3.63) is 43.0 Å². The molecule has 0 radical (unpaired) electrons. The van der Waals surface area contributed by atoms with E-state index in [4.69, 9.17) is 0 Å². The van der Waals surface area contributed by atoms with Gasteiger partial charge in [-0.05, 0) is 6.92 Å². The largest absolute Gasteiger partial charge is 0.494 e. The highest BCUT2D eigenvalue weighted by Gasteiger charge is 2.05. The van der Waals surface area contributed by atoms with Crippen LogP contribution in [0, 0.1) is 6.92 Å². The maximum absolute atomic E-state index is 11.4. The lowest BCUT2D eigenvalue weighted by Crippen LogP contribution is -2.29. The molecule has 0 saturated heterocycles. The van der Waals surface area contributed by atoms with E-state index in [9.17, 15) is 14.7 Å². The Bertz CT molecular complexity index is 641. The zero-order valence-corrected chi connectivity index (χ0v) is 9.95. The molecule has 2 rings (SSSR count). The molecule has 0 aromatic carbocycles. The fourth-order valence-electron chi connectivity index (χ4n) is 1.47. The van der Waals surface area contributed by atoms with Crippen molar-refractivity contribution in [1.82, 2.24) is 14.5 Å². The first-order valence-electron chi connectivity index (χ1n) is 5.00. The molecule has 7 heteroatoms. The third kappa shape index (κ3) is 2.62. The van der Waals surface area contributed by atoms with Crippen molar-refractivity contribution < 1.29 is 5.11 Å². The zero-order valence-electron chi connectivity index (χ0n) is 9.14. The number of rotatable bonds is 3. The molecule has 0 bridgehead atoms. The molecule has 2 aromatic rings. The molecule has 0 aliphatic rings. The Morgan fingerprint density at radius 1 is 1.53 bits per heavy atom. The Morgan fingerprint density at radius 3 is 2.88 bits per heavy atom. The van der Waals surface area contributed by atoms with E-state index in [0.717, 1.165) is 21.3 Å². The summed E-state index contributed by atoms with van der Waals surface area (Å²) in [6, 6.07) is 0.980. The Balaban J connectivity index is 2.20. The minimum Gasteiger partial charge on any atom is -0.494 e. The van der Waals surface area contributed by atoms with Crippen molar-refractivity contribution in [3.8, 4) is 5.88 Å². The number of H-pyrrole nitrogens is 1. The van der Waals surface area contributed by atoms with Gasteiger partial charge >= 0.3 is 5.69 Å². The maximum atomic E-state index is 11.4. The van der Waals surface area contributed by atoms with Gasteiger partial charge in [0.2, 0.25) is 5.88 Å². The number of nitrogens with one attached hydrogen (secondary N) is 1. The average molecular weight is 253 g/mol. The van der Waals surface area contributed by atoms with Crippen LogP contribution in [0.25, 0.3) is 0 Å². The zero-order chi connectivity index (χ0) is 12.4. The first-order valence-corrected chi connectivity index (χ1v) is 5.88. The predicted octanol–water partition coefficient (Wildman–Crippen LogP) is 0.250. The van der Waals surface area contributed by atoms with Gasteiger partial charge in [0.15, 0.2) is 0 Å². The summed E-state index contributed by atoms with van der Waals surface area (Å²) in [6.07, 6.45) is 0.532. The summed E-state index contributed by atoms with van der Waals surface area (Å²) in [7, 11) is 0.